The van der Waals surface area contributed by atoms with Gasteiger partial charge in [-0.2, -0.15) is 0 Å². The first kappa shape index (κ1) is 15.7. The molecule has 1 saturated heterocycles. The Morgan fingerprint density at radius 2 is 2.05 bits per heavy atom. The number of likely N-dealkylation sites (tertiary alicyclic amines) is 1. The molecule has 0 aliphatic carbocycles. The highest BCUT2D eigenvalue weighted by atomic mass is 19.1. The van der Waals surface area contributed by atoms with Crippen molar-refractivity contribution in [3.63, 3.8) is 0 Å². The molecule has 0 saturated carbocycles. The van der Waals surface area contributed by atoms with Crippen LogP contribution in [0.4, 0.5) is 9.18 Å². The predicted molar refractivity (Wildman–Crippen MR) is 66.3 cm³/mol. The maximum absolute atomic E-state index is 14.4. The van der Waals surface area contributed by atoms with E-state index in [1.807, 2.05) is 0 Å². The molecule has 0 spiro atoms. The van der Waals surface area contributed by atoms with Crippen molar-refractivity contribution in [2.75, 3.05) is 26.9 Å². The number of amides is 2. The third kappa shape index (κ3) is 4.34. The molecule has 1 heterocycles. The van der Waals surface area contributed by atoms with Crippen LogP contribution in [0, 0.1) is 0 Å². The third-order valence-corrected chi connectivity index (χ3v) is 2.66. The van der Waals surface area contributed by atoms with Gasteiger partial charge >= 0.3 is 6.09 Å². The number of nitrogens with zero attached hydrogens (tertiary/aromatic N) is 1. The van der Waals surface area contributed by atoms with Gasteiger partial charge in [-0.3, -0.25) is 4.79 Å². The first-order valence-electron chi connectivity index (χ1n) is 6.12. The van der Waals surface area contributed by atoms with Crippen LogP contribution in [-0.4, -0.2) is 55.1 Å². The van der Waals surface area contributed by atoms with Crippen molar-refractivity contribution in [3.8, 4) is 0 Å². The highest BCUT2D eigenvalue weighted by molar-refractivity contribution is 5.86. The summed E-state index contributed by atoms with van der Waals surface area (Å²) in [5.74, 6) is -0.764. The second-order valence-corrected chi connectivity index (χ2v) is 5.56. The predicted octanol–water partition coefficient (Wildman–Crippen LogP) is 1.06. The number of halogens is 1. The Bertz CT molecular complexity index is 356. The minimum atomic E-state index is -2.07. The van der Waals surface area contributed by atoms with Crippen LogP contribution in [0.15, 0.2) is 0 Å². The largest absolute Gasteiger partial charge is 0.444 e. The van der Waals surface area contributed by atoms with Crippen LogP contribution < -0.4 is 5.32 Å². The van der Waals surface area contributed by atoms with Gasteiger partial charge in [-0.15, -0.1) is 0 Å². The smallest absolute Gasteiger partial charge is 0.410 e. The monoisotopic (exact) mass is 276 g/mol. The average Bonchev–Trinajstić information content (AvgIpc) is 2.68. The standard InChI is InChI=1S/C12H21FN2O4/c1-11(2,3)19-10(17)15-6-5-12(13,7-15)9(16)14-8-18-4/h5-8H2,1-4H3,(H,14,16). The fourth-order valence-electron chi connectivity index (χ4n) is 1.74. The fraction of sp³-hybridized carbons (Fsp3) is 0.833. The maximum atomic E-state index is 14.4. The highest BCUT2D eigenvalue weighted by Crippen LogP contribution is 2.27. The van der Waals surface area contributed by atoms with Crippen LogP contribution in [0.2, 0.25) is 0 Å². The van der Waals surface area contributed by atoms with Crippen LogP contribution in [-0.2, 0) is 14.3 Å². The summed E-state index contributed by atoms with van der Waals surface area (Å²) in [7, 11) is 1.40. The quantitative estimate of drug-likeness (QED) is 0.783. The van der Waals surface area contributed by atoms with Crippen LogP contribution >= 0.6 is 0 Å². The molecule has 1 fully saturated rings. The molecule has 0 aromatic rings. The van der Waals surface area contributed by atoms with E-state index >= 15 is 0 Å². The Morgan fingerprint density at radius 1 is 1.42 bits per heavy atom. The minimum Gasteiger partial charge on any atom is -0.444 e. The molecule has 7 heteroatoms. The number of hydrogen-bond acceptors (Lipinski definition) is 4. The van der Waals surface area contributed by atoms with Crippen molar-refractivity contribution >= 4 is 12.0 Å². The Hall–Kier alpha value is -1.37. The van der Waals surface area contributed by atoms with Gasteiger partial charge in [0.05, 0.1) is 6.54 Å². The van der Waals surface area contributed by atoms with Gasteiger partial charge in [0.1, 0.15) is 12.3 Å². The lowest BCUT2D eigenvalue weighted by atomic mass is 10.1. The summed E-state index contributed by atoms with van der Waals surface area (Å²) >= 11 is 0. The van der Waals surface area contributed by atoms with Crippen molar-refractivity contribution in [2.45, 2.75) is 38.5 Å². The van der Waals surface area contributed by atoms with Crippen LogP contribution in [0.5, 0.6) is 0 Å². The van der Waals surface area contributed by atoms with Gasteiger partial charge in [0.2, 0.25) is 5.67 Å². The van der Waals surface area contributed by atoms with E-state index in [1.54, 1.807) is 20.8 Å². The van der Waals surface area contributed by atoms with Gasteiger partial charge in [0.25, 0.3) is 5.91 Å². The summed E-state index contributed by atoms with van der Waals surface area (Å²) in [5, 5.41) is 2.31. The SMILES string of the molecule is COCNC(=O)C1(F)CCN(C(=O)OC(C)(C)C)C1. The van der Waals surface area contributed by atoms with E-state index in [1.165, 1.54) is 12.0 Å². The first-order valence-corrected chi connectivity index (χ1v) is 6.12. The van der Waals surface area contributed by atoms with Crippen molar-refractivity contribution in [2.24, 2.45) is 0 Å². The number of nitrogens with one attached hydrogen (secondary N) is 1. The first-order chi connectivity index (χ1) is 8.68. The molecule has 1 N–H and O–H groups in total. The molecule has 0 bridgehead atoms. The van der Waals surface area contributed by atoms with E-state index in [2.05, 4.69) is 10.1 Å². The number of carbonyl (C=O) groups excluding carboxylic acids is 2. The Kier molecular flexibility index (Phi) is 4.73. The normalized spacial score (nSPS) is 23.3. The lowest BCUT2D eigenvalue weighted by Crippen LogP contribution is -2.47. The zero-order valence-corrected chi connectivity index (χ0v) is 11.8. The molecule has 1 atom stereocenters. The number of methoxy groups -OCH3 is 1. The summed E-state index contributed by atoms with van der Waals surface area (Å²) in [4.78, 5) is 24.6. The van der Waals surface area contributed by atoms with Gasteiger partial charge < -0.3 is 19.7 Å². The summed E-state index contributed by atoms with van der Waals surface area (Å²) < 4.78 is 24.1. The summed E-state index contributed by atoms with van der Waals surface area (Å²) in [6.07, 6.45) is -0.645. The van der Waals surface area contributed by atoms with E-state index < -0.39 is 23.3 Å². The average molecular weight is 276 g/mol. The number of hydrogen-bond donors (Lipinski definition) is 1. The number of rotatable bonds is 3. The Balaban J connectivity index is 2.57. The second kappa shape index (κ2) is 5.73. The maximum Gasteiger partial charge on any atom is 0.410 e. The number of alkyl halides is 1. The van der Waals surface area contributed by atoms with Gasteiger partial charge in [-0.1, -0.05) is 0 Å². The molecule has 1 rings (SSSR count). The third-order valence-electron chi connectivity index (χ3n) is 2.66. The zero-order valence-electron chi connectivity index (χ0n) is 11.8. The van der Waals surface area contributed by atoms with E-state index in [9.17, 15) is 14.0 Å². The van der Waals surface area contributed by atoms with Crippen molar-refractivity contribution < 1.29 is 23.5 Å². The van der Waals surface area contributed by atoms with Gasteiger partial charge in [0.15, 0.2) is 0 Å². The summed E-state index contributed by atoms with van der Waals surface area (Å²) in [5.41, 5.74) is -2.72. The van der Waals surface area contributed by atoms with E-state index in [-0.39, 0.29) is 26.2 Å². The molecular formula is C12H21FN2O4. The molecule has 1 aliphatic heterocycles. The van der Waals surface area contributed by atoms with Gasteiger partial charge in [0, 0.05) is 20.1 Å². The van der Waals surface area contributed by atoms with Crippen LogP contribution in [0.1, 0.15) is 27.2 Å². The minimum absolute atomic E-state index is 0.0399. The Morgan fingerprint density at radius 3 is 2.58 bits per heavy atom. The molecule has 1 aliphatic rings. The molecule has 110 valence electrons. The van der Waals surface area contributed by atoms with Crippen LogP contribution in [0.3, 0.4) is 0 Å². The van der Waals surface area contributed by atoms with Crippen LogP contribution in [0.25, 0.3) is 0 Å². The number of ether oxygens (including phenoxy) is 2. The molecule has 6 nitrogen and oxygen atoms in total. The second-order valence-electron chi connectivity index (χ2n) is 5.56. The van der Waals surface area contributed by atoms with E-state index in [0.29, 0.717) is 0 Å². The van der Waals surface area contributed by atoms with Crippen molar-refractivity contribution in [1.82, 2.24) is 10.2 Å². The molecule has 0 aromatic heterocycles. The highest BCUT2D eigenvalue weighted by Gasteiger charge is 2.47. The molecule has 0 aromatic carbocycles. The molecule has 2 amide bonds. The zero-order chi connectivity index (χ0) is 14.7. The Labute approximate surface area is 112 Å². The topological polar surface area (TPSA) is 67.9 Å². The molecule has 1 unspecified atom stereocenters. The lowest BCUT2D eigenvalue weighted by molar-refractivity contribution is -0.133. The molecular weight excluding hydrogens is 255 g/mol. The molecule has 0 radical (unpaired) electrons. The summed E-state index contributed by atoms with van der Waals surface area (Å²) in [6.45, 7) is 5.00. The van der Waals surface area contributed by atoms with Gasteiger partial charge in [-0.25, -0.2) is 9.18 Å². The van der Waals surface area contributed by atoms with E-state index in [0.717, 1.165) is 0 Å². The molecule has 19 heavy (non-hydrogen) atoms. The summed E-state index contributed by atoms with van der Waals surface area (Å²) in [6, 6.07) is 0. The van der Waals surface area contributed by atoms with Crippen molar-refractivity contribution in [1.29, 1.82) is 0 Å². The lowest BCUT2D eigenvalue weighted by Gasteiger charge is -2.25. The van der Waals surface area contributed by atoms with E-state index in [4.69, 9.17) is 4.74 Å². The van der Waals surface area contributed by atoms with Crippen molar-refractivity contribution in [3.05, 3.63) is 0 Å². The fourth-order valence-corrected chi connectivity index (χ4v) is 1.74. The number of carbonyl (C=O) groups is 2. The van der Waals surface area contributed by atoms with Gasteiger partial charge in [-0.05, 0) is 20.8 Å².